The highest BCUT2D eigenvalue weighted by atomic mass is 16.3. The molecule has 2 N–H and O–H groups in total. The van der Waals surface area contributed by atoms with E-state index in [9.17, 15) is 10.2 Å². The van der Waals surface area contributed by atoms with Gasteiger partial charge in [0.05, 0.1) is 11.2 Å². The zero-order chi connectivity index (χ0) is 22.1. The van der Waals surface area contributed by atoms with Crippen molar-refractivity contribution in [1.29, 1.82) is 0 Å². The van der Waals surface area contributed by atoms with Crippen molar-refractivity contribution in [3.05, 3.63) is 0 Å². The Morgan fingerprint density at radius 3 is 2.27 bits per heavy atom. The Hall–Kier alpha value is -0.0800. The molecule has 0 bridgehead atoms. The molecule has 10 atom stereocenters. The molecular weight excluding hydrogens is 368 g/mol. The largest absolute Gasteiger partial charge is 0.390 e. The molecule has 2 nitrogen and oxygen atoms in total. The fourth-order valence-corrected chi connectivity index (χ4v) is 9.63. The van der Waals surface area contributed by atoms with Crippen molar-refractivity contribution >= 4 is 0 Å². The second-order valence-corrected chi connectivity index (χ2v) is 14.0. The SMILES string of the molecule is C[C@H](CCC(C)(C)O)C1CC[C@H]2[C@@H]3C[C@@H](C)[C@H]4C[C@@](C)(O)CC[C@]4(C)[C@H]3CC[C@]12C. The van der Waals surface area contributed by atoms with Gasteiger partial charge >= 0.3 is 0 Å². The van der Waals surface area contributed by atoms with Crippen molar-refractivity contribution in [2.45, 2.75) is 124 Å². The maximum Gasteiger partial charge on any atom is 0.0623 e. The quantitative estimate of drug-likeness (QED) is 0.525. The van der Waals surface area contributed by atoms with Crippen LogP contribution in [0.3, 0.4) is 0 Å². The van der Waals surface area contributed by atoms with Crippen LogP contribution in [0.4, 0.5) is 0 Å². The minimum atomic E-state index is -0.532. The number of aliphatic hydroxyl groups is 2. The van der Waals surface area contributed by atoms with Crippen LogP contribution in [-0.2, 0) is 0 Å². The highest BCUT2D eigenvalue weighted by Crippen LogP contribution is 2.69. The molecule has 30 heavy (non-hydrogen) atoms. The Morgan fingerprint density at radius 2 is 1.60 bits per heavy atom. The predicted octanol–water partition coefficient (Wildman–Crippen LogP) is 6.83. The highest BCUT2D eigenvalue weighted by molar-refractivity contribution is 5.11. The zero-order valence-electron chi connectivity index (χ0n) is 21.0. The third-order valence-electron chi connectivity index (χ3n) is 11.3. The Morgan fingerprint density at radius 1 is 0.933 bits per heavy atom. The lowest BCUT2D eigenvalue weighted by Crippen LogP contribution is -2.57. The maximum absolute atomic E-state index is 10.8. The smallest absolute Gasteiger partial charge is 0.0623 e. The normalized spacial score (nSPS) is 52.3. The average molecular weight is 419 g/mol. The summed E-state index contributed by atoms with van der Waals surface area (Å²) in [5.74, 6) is 5.67. The van der Waals surface area contributed by atoms with Crippen LogP contribution in [0.15, 0.2) is 0 Å². The van der Waals surface area contributed by atoms with E-state index in [0.29, 0.717) is 16.7 Å². The van der Waals surface area contributed by atoms with Gasteiger partial charge in [-0.1, -0.05) is 27.7 Å². The van der Waals surface area contributed by atoms with Crippen molar-refractivity contribution in [2.24, 2.45) is 52.3 Å². The van der Waals surface area contributed by atoms with E-state index in [2.05, 4.69) is 34.6 Å². The van der Waals surface area contributed by atoms with E-state index < -0.39 is 11.2 Å². The lowest BCUT2D eigenvalue weighted by Gasteiger charge is -2.64. The first-order valence-electron chi connectivity index (χ1n) is 13.2. The van der Waals surface area contributed by atoms with Crippen LogP contribution in [0.5, 0.6) is 0 Å². The van der Waals surface area contributed by atoms with Gasteiger partial charge in [0, 0.05) is 0 Å². The van der Waals surface area contributed by atoms with Gasteiger partial charge in [0.1, 0.15) is 0 Å². The van der Waals surface area contributed by atoms with Crippen LogP contribution in [0.2, 0.25) is 0 Å². The van der Waals surface area contributed by atoms with Gasteiger partial charge < -0.3 is 10.2 Å². The fraction of sp³-hybridized carbons (Fsp3) is 1.00. The van der Waals surface area contributed by atoms with E-state index >= 15 is 0 Å². The first kappa shape index (κ1) is 23.1. The van der Waals surface area contributed by atoms with E-state index in [0.717, 1.165) is 61.2 Å². The van der Waals surface area contributed by atoms with Crippen molar-refractivity contribution in [3.8, 4) is 0 Å². The first-order chi connectivity index (χ1) is 13.8. The lowest BCUT2D eigenvalue weighted by molar-refractivity contribution is -0.166. The molecule has 4 aliphatic carbocycles. The molecule has 0 radical (unpaired) electrons. The Kier molecular flexibility index (Phi) is 5.75. The zero-order valence-corrected chi connectivity index (χ0v) is 21.0. The second kappa shape index (κ2) is 7.47. The van der Waals surface area contributed by atoms with E-state index in [1.54, 1.807) is 0 Å². The summed E-state index contributed by atoms with van der Waals surface area (Å²) in [6.07, 6.45) is 12.4. The standard InChI is InChI=1S/C28H50O2/c1-18(10-12-25(3,4)29)21-8-9-22-20-16-19(2)24-17-26(5,30)14-15-28(24,7)23(20)11-13-27(21,22)6/h18-24,29-30H,8-17H2,1-7H3/t18-,19-,20+,21?,22+,23+,24-,26+,27-,28-/m1/s1. The van der Waals surface area contributed by atoms with Gasteiger partial charge in [0.25, 0.3) is 0 Å². The molecule has 2 heteroatoms. The maximum atomic E-state index is 10.8. The van der Waals surface area contributed by atoms with Crippen LogP contribution < -0.4 is 0 Å². The highest BCUT2D eigenvalue weighted by Gasteiger charge is 2.62. The monoisotopic (exact) mass is 418 g/mol. The number of hydrogen-bond donors (Lipinski definition) is 2. The van der Waals surface area contributed by atoms with Crippen molar-refractivity contribution in [2.75, 3.05) is 0 Å². The molecule has 0 spiro atoms. The molecule has 1 unspecified atom stereocenters. The third kappa shape index (κ3) is 3.81. The van der Waals surface area contributed by atoms with Crippen molar-refractivity contribution < 1.29 is 10.2 Å². The van der Waals surface area contributed by atoms with Crippen molar-refractivity contribution in [3.63, 3.8) is 0 Å². The number of fused-ring (bicyclic) bond motifs is 5. The molecule has 0 amide bonds. The number of rotatable bonds is 4. The molecule has 4 rings (SSSR count). The summed E-state index contributed by atoms with van der Waals surface area (Å²) in [6, 6.07) is 0. The van der Waals surface area contributed by atoms with Crippen LogP contribution >= 0.6 is 0 Å². The minimum Gasteiger partial charge on any atom is -0.390 e. The summed E-state index contributed by atoms with van der Waals surface area (Å²) < 4.78 is 0. The van der Waals surface area contributed by atoms with E-state index in [1.165, 1.54) is 38.5 Å². The second-order valence-electron chi connectivity index (χ2n) is 14.0. The lowest BCUT2D eigenvalue weighted by atomic mass is 9.42. The van der Waals surface area contributed by atoms with Gasteiger partial charge in [0.2, 0.25) is 0 Å². The van der Waals surface area contributed by atoms with Crippen LogP contribution in [0.25, 0.3) is 0 Å². The van der Waals surface area contributed by atoms with Crippen LogP contribution in [0.1, 0.15) is 113 Å². The third-order valence-corrected chi connectivity index (χ3v) is 11.3. The molecule has 4 saturated carbocycles. The summed E-state index contributed by atoms with van der Waals surface area (Å²) in [6.45, 7) is 16.3. The number of hydrogen-bond acceptors (Lipinski definition) is 2. The van der Waals surface area contributed by atoms with Gasteiger partial charge in [-0.3, -0.25) is 0 Å². The Bertz CT molecular complexity index is 633. The molecule has 0 aromatic heterocycles. The topological polar surface area (TPSA) is 40.5 Å². The molecule has 174 valence electrons. The first-order valence-corrected chi connectivity index (χ1v) is 13.2. The van der Waals surface area contributed by atoms with Gasteiger partial charge in [-0.15, -0.1) is 0 Å². The van der Waals surface area contributed by atoms with E-state index in [1.807, 2.05) is 13.8 Å². The summed E-state index contributed by atoms with van der Waals surface area (Å²) in [5.41, 5.74) is -0.0297. The molecule has 0 saturated heterocycles. The molecular formula is C28H50O2. The molecule has 0 aromatic carbocycles. The minimum absolute atomic E-state index is 0.441. The molecule has 4 fully saturated rings. The van der Waals surface area contributed by atoms with Gasteiger partial charge in [-0.05, 0) is 137 Å². The molecule has 0 aliphatic heterocycles. The Labute approximate surface area is 186 Å². The van der Waals surface area contributed by atoms with E-state index in [4.69, 9.17) is 0 Å². The van der Waals surface area contributed by atoms with Crippen LogP contribution in [-0.4, -0.2) is 21.4 Å². The molecule has 0 heterocycles. The van der Waals surface area contributed by atoms with Crippen molar-refractivity contribution in [1.82, 2.24) is 0 Å². The summed E-state index contributed by atoms with van der Waals surface area (Å²) >= 11 is 0. The van der Waals surface area contributed by atoms with Gasteiger partial charge in [-0.2, -0.15) is 0 Å². The van der Waals surface area contributed by atoms with Crippen LogP contribution in [0, 0.1) is 52.3 Å². The Balaban J connectivity index is 1.53. The summed E-state index contributed by atoms with van der Waals surface area (Å²) in [4.78, 5) is 0. The van der Waals surface area contributed by atoms with Gasteiger partial charge in [-0.25, -0.2) is 0 Å². The fourth-order valence-electron chi connectivity index (χ4n) is 9.63. The van der Waals surface area contributed by atoms with E-state index in [-0.39, 0.29) is 0 Å². The average Bonchev–Trinajstić information content (AvgIpc) is 2.98. The summed E-state index contributed by atoms with van der Waals surface area (Å²) in [5, 5.41) is 21.1. The molecule has 4 aliphatic rings. The van der Waals surface area contributed by atoms with Gasteiger partial charge in [0.15, 0.2) is 0 Å². The summed E-state index contributed by atoms with van der Waals surface area (Å²) in [7, 11) is 0. The predicted molar refractivity (Wildman–Crippen MR) is 125 cm³/mol. The molecule has 0 aromatic rings.